The molecule has 0 aliphatic heterocycles. The van der Waals surface area contributed by atoms with Crippen molar-refractivity contribution in [3.05, 3.63) is 29.8 Å². The molecule has 1 aromatic rings. The summed E-state index contributed by atoms with van der Waals surface area (Å²) in [4.78, 5) is 0. The van der Waals surface area contributed by atoms with Crippen molar-refractivity contribution < 1.29 is 9.84 Å². The maximum atomic E-state index is 9.75. The monoisotopic (exact) mass is 212 g/mol. The van der Waals surface area contributed by atoms with Crippen LogP contribution in [0, 0.1) is 0 Å². The maximum Gasteiger partial charge on any atom is 0.118 e. The van der Waals surface area contributed by atoms with E-state index in [9.17, 15) is 5.11 Å². The highest BCUT2D eigenvalue weighted by atomic mass is 32.2. The van der Waals surface area contributed by atoms with E-state index in [0.29, 0.717) is 0 Å². The second kappa shape index (κ2) is 5.94. The first kappa shape index (κ1) is 11.4. The summed E-state index contributed by atoms with van der Waals surface area (Å²) in [5, 5.41) is 9.75. The molecule has 0 aliphatic carbocycles. The second-order valence-corrected chi connectivity index (χ2v) is 4.27. The van der Waals surface area contributed by atoms with Crippen LogP contribution < -0.4 is 4.74 Å². The molecule has 0 saturated carbocycles. The van der Waals surface area contributed by atoms with Gasteiger partial charge >= 0.3 is 0 Å². The average Bonchev–Trinajstić information content (AvgIpc) is 2.26. The first-order valence-electron chi connectivity index (χ1n) is 4.67. The van der Waals surface area contributed by atoms with Gasteiger partial charge in [0.05, 0.1) is 13.2 Å². The Morgan fingerprint density at radius 1 is 1.36 bits per heavy atom. The number of hydrogen-bond acceptors (Lipinski definition) is 3. The quantitative estimate of drug-likeness (QED) is 0.813. The summed E-state index contributed by atoms with van der Waals surface area (Å²) in [6, 6.07) is 7.55. The van der Waals surface area contributed by atoms with Crippen molar-refractivity contribution in [1.82, 2.24) is 0 Å². The predicted molar refractivity (Wildman–Crippen MR) is 61.0 cm³/mol. The van der Waals surface area contributed by atoms with Crippen LogP contribution >= 0.6 is 11.8 Å². The molecular formula is C11H16O2S. The molecule has 1 unspecified atom stereocenters. The van der Waals surface area contributed by atoms with Crippen molar-refractivity contribution in [2.45, 2.75) is 13.0 Å². The average molecular weight is 212 g/mol. The van der Waals surface area contributed by atoms with Crippen molar-refractivity contribution in [3.8, 4) is 5.75 Å². The molecule has 1 atom stereocenters. The largest absolute Gasteiger partial charge is 0.497 e. The van der Waals surface area contributed by atoms with Crippen LogP contribution in [0.4, 0.5) is 0 Å². The van der Waals surface area contributed by atoms with Gasteiger partial charge in [0, 0.05) is 5.75 Å². The Kier molecular flexibility index (Phi) is 4.84. The number of aliphatic hydroxyl groups is 1. The fourth-order valence-corrected chi connectivity index (χ4v) is 1.80. The van der Waals surface area contributed by atoms with Crippen molar-refractivity contribution in [2.24, 2.45) is 0 Å². The molecule has 1 rings (SSSR count). The summed E-state index contributed by atoms with van der Waals surface area (Å²) < 4.78 is 5.04. The zero-order valence-electron chi connectivity index (χ0n) is 8.56. The van der Waals surface area contributed by atoms with Crippen LogP contribution in [0.25, 0.3) is 0 Å². The number of benzene rings is 1. The van der Waals surface area contributed by atoms with Crippen LogP contribution in [0.5, 0.6) is 5.75 Å². The van der Waals surface area contributed by atoms with Gasteiger partial charge in [-0.05, 0) is 23.4 Å². The van der Waals surface area contributed by atoms with Crippen LogP contribution in [0.1, 0.15) is 18.6 Å². The minimum atomic E-state index is -0.370. The highest BCUT2D eigenvalue weighted by molar-refractivity contribution is 7.99. The van der Waals surface area contributed by atoms with Gasteiger partial charge in [0.15, 0.2) is 0 Å². The first-order chi connectivity index (χ1) is 6.77. The van der Waals surface area contributed by atoms with E-state index in [4.69, 9.17) is 4.74 Å². The SMILES string of the molecule is CCSCC(O)c1ccc(OC)cc1. The lowest BCUT2D eigenvalue weighted by molar-refractivity contribution is 0.204. The Balaban J connectivity index is 2.57. The van der Waals surface area contributed by atoms with Gasteiger partial charge in [-0.3, -0.25) is 0 Å². The number of thioether (sulfide) groups is 1. The van der Waals surface area contributed by atoms with Gasteiger partial charge in [-0.15, -0.1) is 0 Å². The van der Waals surface area contributed by atoms with Crippen molar-refractivity contribution in [2.75, 3.05) is 18.6 Å². The summed E-state index contributed by atoms with van der Waals surface area (Å²) >= 11 is 1.74. The molecule has 3 heteroatoms. The molecule has 0 aliphatic rings. The molecular weight excluding hydrogens is 196 g/mol. The molecule has 14 heavy (non-hydrogen) atoms. The molecule has 0 saturated heterocycles. The van der Waals surface area contributed by atoms with Crippen LogP contribution in [-0.4, -0.2) is 23.7 Å². The van der Waals surface area contributed by atoms with E-state index in [-0.39, 0.29) is 6.10 Å². The van der Waals surface area contributed by atoms with Gasteiger partial charge in [-0.2, -0.15) is 11.8 Å². The van der Waals surface area contributed by atoms with Crippen LogP contribution in [-0.2, 0) is 0 Å². The topological polar surface area (TPSA) is 29.5 Å². The number of ether oxygens (including phenoxy) is 1. The Labute approximate surface area is 89.3 Å². The minimum Gasteiger partial charge on any atom is -0.497 e. The van der Waals surface area contributed by atoms with E-state index in [0.717, 1.165) is 22.8 Å². The lowest BCUT2D eigenvalue weighted by atomic mass is 10.1. The summed E-state index contributed by atoms with van der Waals surface area (Å²) in [7, 11) is 1.64. The Hall–Kier alpha value is -0.670. The lowest BCUT2D eigenvalue weighted by Crippen LogP contribution is -2.00. The smallest absolute Gasteiger partial charge is 0.118 e. The van der Waals surface area contributed by atoms with E-state index < -0.39 is 0 Å². The third-order valence-corrected chi connectivity index (χ3v) is 2.94. The molecule has 0 heterocycles. The van der Waals surface area contributed by atoms with Crippen molar-refractivity contribution in [1.29, 1.82) is 0 Å². The van der Waals surface area contributed by atoms with Crippen LogP contribution in [0.15, 0.2) is 24.3 Å². The number of hydrogen-bond donors (Lipinski definition) is 1. The Bertz CT molecular complexity index is 258. The number of aliphatic hydroxyl groups excluding tert-OH is 1. The van der Waals surface area contributed by atoms with Gasteiger partial charge < -0.3 is 9.84 Å². The minimum absolute atomic E-state index is 0.370. The summed E-state index contributed by atoms with van der Waals surface area (Å²) in [5.41, 5.74) is 0.951. The van der Waals surface area contributed by atoms with Gasteiger partial charge in [0.2, 0.25) is 0 Å². The summed E-state index contributed by atoms with van der Waals surface area (Å²) in [6.07, 6.45) is -0.370. The van der Waals surface area contributed by atoms with E-state index >= 15 is 0 Å². The molecule has 0 aromatic heterocycles. The first-order valence-corrected chi connectivity index (χ1v) is 5.83. The van der Waals surface area contributed by atoms with Crippen LogP contribution in [0.2, 0.25) is 0 Å². The molecule has 2 nitrogen and oxygen atoms in total. The molecule has 78 valence electrons. The van der Waals surface area contributed by atoms with Crippen molar-refractivity contribution >= 4 is 11.8 Å². The number of rotatable bonds is 5. The zero-order valence-corrected chi connectivity index (χ0v) is 9.38. The van der Waals surface area contributed by atoms with Crippen molar-refractivity contribution in [3.63, 3.8) is 0 Å². The molecule has 0 bridgehead atoms. The summed E-state index contributed by atoms with van der Waals surface area (Å²) in [6.45, 7) is 2.09. The molecule has 1 N–H and O–H groups in total. The van der Waals surface area contributed by atoms with Crippen LogP contribution in [0.3, 0.4) is 0 Å². The third kappa shape index (κ3) is 3.24. The van der Waals surface area contributed by atoms with Gasteiger partial charge in [0.1, 0.15) is 5.75 Å². The van der Waals surface area contributed by atoms with E-state index in [1.165, 1.54) is 0 Å². The Morgan fingerprint density at radius 2 is 2.00 bits per heavy atom. The summed E-state index contributed by atoms with van der Waals surface area (Å²) in [5.74, 6) is 2.61. The lowest BCUT2D eigenvalue weighted by Gasteiger charge is -2.10. The molecule has 0 radical (unpaired) electrons. The van der Waals surface area contributed by atoms with Gasteiger partial charge in [-0.1, -0.05) is 19.1 Å². The predicted octanol–water partition coefficient (Wildman–Crippen LogP) is 2.48. The fourth-order valence-electron chi connectivity index (χ4n) is 1.15. The Morgan fingerprint density at radius 3 is 2.50 bits per heavy atom. The number of methoxy groups -OCH3 is 1. The molecule has 0 amide bonds. The third-order valence-electron chi connectivity index (χ3n) is 1.98. The molecule has 1 aromatic carbocycles. The maximum absolute atomic E-state index is 9.75. The second-order valence-electron chi connectivity index (χ2n) is 2.95. The molecule has 0 spiro atoms. The van der Waals surface area contributed by atoms with Gasteiger partial charge in [-0.25, -0.2) is 0 Å². The highest BCUT2D eigenvalue weighted by Crippen LogP contribution is 2.20. The normalized spacial score (nSPS) is 12.5. The van der Waals surface area contributed by atoms with E-state index in [1.807, 2.05) is 24.3 Å². The molecule has 0 fully saturated rings. The van der Waals surface area contributed by atoms with E-state index in [1.54, 1.807) is 18.9 Å². The van der Waals surface area contributed by atoms with E-state index in [2.05, 4.69) is 6.92 Å². The zero-order chi connectivity index (χ0) is 10.4. The fraction of sp³-hybridized carbons (Fsp3) is 0.455. The van der Waals surface area contributed by atoms with Gasteiger partial charge in [0.25, 0.3) is 0 Å². The standard InChI is InChI=1S/C11H16O2S/c1-3-14-8-11(12)9-4-6-10(13-2)7-5-9/h4-7,11-12H,3,8H2,1-2H3. The highest BCUT2D eigenvalue weighted by Gasteiger charge is 2.06.